The number of methoxy groups -OCH3 is 2. The van der Waals surface area contributed by atoms with E-state index in [-0.39, 0.29) is 17.1 Å². The molecule has 4 bridgehead atoms. The number of rotatable bonds is 8. The van der Waals surface area contributed by atoms with E-state index in [0.717, 1.165) is 19.3 Å². The van der Waals surface area contributed by atoms with Crippen LogP contribution in [-0.2, 0) is 14.3 Å². The normalized spacial score (nSPS) is 29.2. The Morgan fingerprint density at radius 3 is 2.19 bits per heavy atom. The van der Waals surface area contributed by atoms with Gasteiger partial charge in [-0.25, -0.2) is 4.79 Å². The zero-order valence-electron chi connectivity index (χ0n) is 18.4. The van der Waals surface area contributed by atoms with E-state index in [4.69, 9.17) is 14.2 Å². The summed E-state index contributed by atoms with van der Waals surface area (Å²) in [6, 6.07) is 4.02. The number of carbonyl (C=O) groups is 3. The smallest absolute Gasteiger partial charge is 0.328 e. The Morgan fingerprint density at radius 2 is 1.65 bits per heavy atom. The van der Waals surface area contributed by atoms with E-state index in [1.54, 1.807) is 25.1 Å². The molecule has 4 saturated carbocycles. The molecule has 0 saturated heterocycles. The molecule has 4 aliphatic carbocycles. The summed E-state index contributed by atoms with van der Waals surface area (Å²) in [6.07, 6.45) is 6.55. The minimum Gasteiger partial charge on any atom is -0.497 e. The lowest BCUT2D eigenvalue weighted by molar-refractivity contribution is -0.153. The van der Waals surface area contributed by atoms with Gasteiger partial charge in [0.1, 0.15) is 17.5 Å². The average Bonchev–Trinajstić information content (AvgIpc) is 2.75. The van der Waals surface area contributed by atoms with Crippen molar-refractivity contribution < 1.29 is 28.6 Å². The molecule has 1 aromatic carbocycles. The van der Waals surface area contributed by atoms with Crippen molar-refractivity contribution in [3.05, 3.63) is 23.8 Å². The van der Waals surface area contributed by atoms with Crippen LogP contribution >= 0.6 is 0 Å². The molecule has 1 atom stereocenters. The second kappa shape index (κ2) is 8.52. The lowest BCUT2D eigenvalue weighted by Gasteiger charge is -2.55. The fourth-order valence-electron chi connectivity index (χ4n) is 6.17. The van der Waals surface area contributed by atoms with E-state index >= 15 is 0 Å². The molecule has 168 valence electrons. The molecule has 0 aliphatic heterocycles. The number of esters is 1. The standard InChI is InChI=1S/C24H31NO6/c1-14(25-23(28)24-10-15-6-16(11-24)8-17(7-15)12-24)22(27)31-13-20(26)19-5-4-18(29-2)9-21(19)30-3/h4-5,9,14-17H,6-8,10-13H2,1-3H3,(H,25,28)/t14-,15?,16?,17?,24?/m0/s1. The van der Waals surface area contributed by atoms with E-state index in [9.17, 15) is 14.4 Å². The maximum absolute atomic E-state index is 13.1. The first-order valence-corrected chi connectivity index (χ1v) is 11.1. The highest BCUT2D eigenvalue weighted by molar-refractivity contribution is 6.00. The Balaban J connectivity index is 1.32. The molecular weight excluding hydrogens is 398 g/mol. The summed E-state index contributed by atoms with van der Waals surface area (Å²) in [5, 5.41) is 2.87. The number of hydrogen-bond acceptors (Lipinski definition) is 6. The van der Waals surface area contributed by atoms with Gasteiger partial charge in [-0.05, 0) is 75.3 Å². The molecule has 31 heavy (non-hydrogen) atoms. The fraction of sp³-hybridized carbons (Fsp3) is 0.625. The Labute approximate surface area is 182 Å². The van der Waals surface area contributed by atoms with Gasteiger partial charge in [0.2, 0.25) is 11.7 Å². The van der Waals surface area contributed by atoms with Crippen LogP contribution in [0.15, 0.2) is 18.2 Å². The molecule has 1 amide bonds. The van der Waals surface area contributed by atoms with Crippen LogP contribution < -0.4 is 14.8 Å². The van der Waals surface area contributed by atoms with Gasteiger partial charge >= 0.3 is 5.97 Å². The van der Waals surface area contributed by atoms with Gasteiger partial charge in [-0.3, -0.25) is 9.59 Å². The molecule has 0 radical (unpaired) electrons. The second-order valence-electron chi connectivity index (χ2n) is 9.49. The number of Topliss-reactive ketones (excluding diaryl/α,β-unsaturated/α-hetero) is 1. The van der Waals surface area contributed by atoms with Crippen molar-refractivity contribution in [3.63, 3.8) is 0 Å². The third-order valence-electron chi connectivity index (χ3n) is 7.28. The predicted molar refractivity (Wildman–Crippen MR) is 113 cm³/mol. The maximum atomic E-state index is 13.1. The summed E-state index contributed by atoms with van der Waals surface area (Å²) in [4.78, 5) is 38.1. The highest BCUT2D eigenvalue weighted by Crippen LogP contribution is 2.60. The third kappa shape index (κ3) is 4.27. The van der Waals surface area contributed by atoms with Crippen molar-refractivity contribution in [2.24, 2.45) is 23.2 Å². The molecule has 7 nitrogen and oxygen atoms in total. The SMILES string of the molecule is COc1ccc(C(=O)COC(=O)[C@H](C)NC(=O)C23CC4CC(CC(C4)C2)C3)c(OC)c1. The number of carbonyl (C=O) groups excluding carboxylic acids is 3. The lowest BCUT2D eigenvalue weighted by atomic mass is 9.49. The first-order valence-electron chi connectivity index (χ1n) is 11.1. The molecule has 4 aliphatic rings. The monoisotopic (exact) mass is 429 g/mol. The van der Waals surface area contributed by atoms with Crippen molar-refractivity contribution in [2.75, 3.05) is 20.8 Å². The molecule has 0 unspecified atom stereocenters. The van der Waals surface area contributed by atoms with Gasteiger partial charge < -0.3 is 19.5 Å². The highest BCUT2D eigenvalue weighted by Gasteiger charge is 2.54. The number of hydrogen-bond donors (Lipinski definition) is 1. The number of ketones is 1. The summed E-state index contributed by atoms with van der Waals surface area (Å²) < 4.78 is 15.6. The van der Waals surface area contributed by atoms with Gasteiger partial charge in [0.25, 0.3) is 0 Å². The van der Waals surface area contributed by atoms with Crippen LogP contribution in [0.4, 0.5) is 0 Å². The number of amides is 1. The van der Waals surface area contributed by atoms with Crippen molar-refractivity contribution in [1.82, 2.24) is 5.32 Å². The molecule has 0 aromatic heterocycles. The molecule has 1 aromatic rings. The van der Waals surface area contributed by atoms with E-state index in [2.05, 4.69) is 5.32 Å². The second-order valence-corrected chi connectivity index (χ2v) is 9.49. The Hall–Kier alpha value is -2.57. The number of ether oxygens (including phenoxy) is 3. The van der Waals surface area contributed by atoms with Crippen molar-refractivity contribution >= 4 is 17.7 Å². The van der Waals surface area contributed by atoms with Crippen LogP contribution in [0.5, 0.6) is 11.5 Å². The summed E-state index contributed by atoms with van der Waals surface area (Å²) in [5.74, 6) is 1.84. The van der Waals surface area contributed by atoms with E-state index in [1.165, 1.54) is 33.5 Å². The van der Waals surface area contributed by atoms with Gasteiger partial charge in [-0.15, -0.1) is 0 Å². The van der Waals surface area contributed by atoms with Crippen molar-refractivity contribution in [2.45, 2.75) is 51.5 Å². The van der Waals surface area contributed by atoms with E-state index < -0.39 is 18.6 Å². The van der Waals surface area contributed by atoms with Gasteiger partial charge in [0, 0.05) is 11.5 Å². The van der Waals surface area contributed by atoms with Crippen LogP contribution in [0.3, 0.4) is 0 Å². The van der Waals surface area contributed by atoms with Gasteiger partial charge in [0.05, 0.1) is 19.8 Å². The molecule has 5 rings (SSSR count). The van der Waals surface area contributed by atoms with Crippen LogP contribution in [-0.4, -0.2) is 44.5 Å². The quantitative estimate of drug-likeness (QED) is 0.504. The zero-order chi connectivity index (χ0) is 22.2. The van der Waals surface area contributed by atoms with Crippen LogP contribution in [0.2, 0.25) is 0 Å². The summed E-state index contributed by atoms with van der Waals surface area (Å²) in [6.45, 7) is 1.19. The summed E-state index contributed by atoms with van der Waals surface area (Å²) in [5.41, 5.74) is -0.0170. The van der Waals surface area contributed by atoms with Crippen LogP contribution in [0.25, 0.3) is 0 Å². The minimum absolute atomic E-state index is 0.0285. The first kappa shape index (κ1) is 21.7. The van der Waals surface area contributed by atoms with E-state index in [0.29, 0.717) is 34.8 Å². The summed E-state index contributed by atoms with van der Waals surface area (Å²) >= 11 is 0. The third-order valence-corrected chi connectivity index (χ3v) is 7.28. The molecule has 7 heteroatoms. The van der Waals surface area contributed by atoms with Crippen molar-refractivity contribution in [3.8, 4) is 11.5 Å². The van der Waals surface area contributed by atoms with Gasteiger partial charge in [0.15, 0.2) is 6.61 Å². The fourth-order valence-corrected chi connectivity index (χ4v) is 6.17. The average molecular weight is 430 g/mol. The van der Waals surface area contributed by atoms with Gasteiger partial charge in [-0.1, -0.05) is 0 Å². The zero-order valence-corrected chi connectivity index (χ0v) is 18.4. The predicted octanol–water partition coefficient (Wildman–Crippen LogP) is 3.15. The van der Waals surface area contributed by atoms with E-state index in [1.807, 2.05) is 0 Å². The Kier molecular flexibility index (Phi) is 5.95. The number of benzene rings is 1. The Morgan fingerprint density at radius 1 is 1.03 bits per heavy atom. The number of nitrogens with one attached hydrogen (secondary N) is 1. The largest absolute Gasteiger partial charge is 0.497 e. The lowest BCUT2D eigenvalue weighted by Crippen LogP contribution is -2.56. The Bertz CT molecular complexity index is 844. The highest BCUT2D eigenvalue weighted by atomic mass is 16.5. The molecule has 4 fully saturated rings. The van der Waals surface area contributed by atoms with Crippen LogP contribution in [0, 0.1) is 23.2 Å². The summed E-state index contributed by atoms with van der Waals surface area (Å²) in [7, 11) is 2.98. The van der Waals surface area contributed by atoms with Crippen molar-refractivity contribution in [1.29, 1.82) is 0 Å². The topological polar surface area (TPSA) is 90.9 Å². The molecular formula is C24H31NO6. The first-order chi connectivity index (χ1) is 14.8. The minimum atomic E-state index is -0.800. The molecule has 1 N–H and O–H groups in total. The van der Waals surface area contributed by atoms with Crippen LogP contribution in [0.1, 0.15) is 55.8 Å². The molecule has 0 spiro atoms. The maximum Gasteiger partial charge on any atom is 0.328 e. The van der Waals surface area contributed by atoms with Gasteiger partial charge in [-0.2, -0.15) is 0 Å². The molecule has 0 heterocycles.